The van der Waals surface area contributed by atoms with Gasteiger partial charge in [0, 0.05) is 29.2 Å². The van der Waals surface area contributed by atoms with Crippen LogP contribution < -0.4 is 5.73 Å². The Balaban J connectivity index is 2.76. The third-order valence-electron chi connectivity index (χ3n) is 4.85. The molecule has 1 rings (SSSR count). The van der Waals surface area contributed by atoms with Gasteiger partial charge in [0.05, 0.1) is 17.8 Å². The zero-order chi connectivity index (χ0) is 20.4. The molecule has 6 heteroatoms. The molecule has 1 aromatic rings. The van der Waals surface area contributed by atoms with Crippen molar-refractivity contribution >= 4 is 5.78 Å². The standard InChI is InChI=1S/C20H38N4O2/c1-15(25)17(2,3)13-18(4,5)16-12-24(23-22-16)14-20(8,9)26-11-10-19(6,7)21/h12H,10-11,13-14,21H2,1-9H3. The van der Waals surface area contributed by atoms with Crippen LogP contribution in [0.2, 0.25) is 0 Å². The summed E-state index contributed by atoms with van der Waals surface area (Å²) in [6.45, 7) is 19.1. The fourth-order valence-corrected chi connectivity index (χ4v) is 3.03. The van der Waals surface area contributed by atoms with Crippen LogP contribution in [0.4, 0.5) is 0 Å². The highest BCUT2D eigenvalue weighted by Crippen LogP contribution is 2.36. The molecule has 0 radical (unpaired) electrons. The van der Waals surface area contributed by atoms with E-state index in [1.54, 1.807) is 6.92 Å². The molecule has 0 atom stereocenters. The SMILES string of the molecule is CC(=O)C(C)(C)CC(C)(C)c1cn(CC(C)(C)OCCC(C)(C)N)nn1. The van der Waals surface area contributed by atoms with Crippen LogP contribution in [0.25, 0.3) is 0 Å². The first kappa shape index (κ1) is 22.8. The molecule has 0 saturated carbocycles. The normalized spacial score (nSPS) is 13.9. The Labute approximate surface area is 158 Å². The highest BCUT2D eigenvalue weighted by atomic mass is 16.5. The molecule has 0 amide bonds. The number of hydrogen-bond donors (Lipinski definition) is 1. The average Bonchev–Trinajstić information content (AvgIpc) is 2.83. The molecule has 1 aromatic heterocycles. The summed E-state index contributed by atoms with van der Waals surface area (Å²) in [4.78, 5) is 11.9. The minimum atomic E-state index is -0.384. The van der Waals surface area contributed by atoms with Gasteiger partial charge >= 0.3 is 0 Å². The number of nitrogens with zero attached hydrogens (tertiary/aromatic N) is 3. The van der Waals surface area contributed by atoms with Gasteiger partial charge in [0.2, 0.25) is 0 Å². The first-order valence-electron chi connectivity index (χ1n) is 9.39. The minimum absolute atomic E-state index is 0.190. The highest BCUT2D eigenvalue weighted by molar-refractivity contribution is 5.81. The van der Waals surface area contributed by atoms with Crippen molar-refractivity contribution < 1.29 is 9.53 Å². The van der Waals surface area contributed by atoms with Crippen LogP contribution in [0.1, 0.15) is 80.8 Å². The summed E-state index contributed by atoms with van der Waals surface area (Å²) in [6.07, 6.45) is 3.49. The molecule has 0 aliphatic heterocycles. The lowest BCUT2D eigenvalue weighted by atomic mass is 9.72. The second kappa shape index (κ2) is 7.77. The van der Waals surface area contributed by atoms with E-state index in [-0.39, 0.29) is 27.8 Å². The van der Waals surface area contributed by atoms with Crippen molar-refractivity contribution in [1.82, 2.24) is 15.0 Å². The largest absolute Gasteiger partial charge is 0.374 e. The molecule has 0 aromatic carbocycles. The average molecular weight is 367 g/mol. The predicted molar refractivity (Wildman–Crippen MR) is 105 cm³/mol. The van der Waals surface area contributed by atoms with Crippen LogP contribution in [0.5, 0.6) is 0 Å². The van der Waals surface area contributed by atoms with E-state index in [0.29, 0.717) is 13.2 Å². The maximum Gasteiger partial charge on any atom is 0.135 e. The number of Topliss-reactive ketones (excluding diaryl/α,β-unsaturated/α-hetero) is 1. The van der Waals surface area contributed by atoms with E-state index in [0.717, 1.165) is 18.5 Å². The number of hydrogen-bond acceptors (Lipinski definition) is 5. The number of aromatic nitrogens is 3. The summed E-state index contributed by atoms with van der Waals surface area (Å²) in [5.41, 5.74) is 5.69. The molecule has 0 aliphatic rings. The van der Waals surface area contributed by atoms with Crippen molar-refractivity contribution in [3.05, 3.63) is 11.9 Å². The third-order valence-corrected chi connectivity index (χ3v) is 4.85. The molecule has 0 bridgehead atoms. The number of rotatable bonds is 10. The molecule has 0 spiro atoms. The zero-order valence-electron chi connectivity index (χ0n) is 18.1. The van der Waals surface area contributed by atoms with E-state index in [1.807, 2.05) is 52.4 Å². The van der Waals surface area contributed by atoms with Gasteiger partial charge in [0.1, 0.15) is 5.78 Å². The van der Waals surface area contributed by atoms with Crippen molar-refractivity contribution in [1.29, 1.82) is 0 Å². The van der Waals surface area contributed by atoms with Crippen molar-refractivity contribution in [2.75, 3.05) is 6.61 Å². The first-order chi connectivity index (χ1) is 11.5. The number of carbonyl (C=O) groups excluding carboxylic acids is 1. The van der Waals surface area contributed by atoms with Gasteiger partial charge in [-0.25, -0.2) is 4.68 Å². The summed E-state index contributed by atoms with van der Waals surface area (Å²) in [5, 5.41) is 8.64. The first-order valence-corrected chi connectivity index (χ1v) is 9.39. The van der Waals surface area contributed by atoms with Crippen LogP contribution in [0.3, 0.4) is 0 Å². The van der Waals surface area contributed by atoms with Crippen LogP contribution in [-0.2, 0) is 21.5 Å². The predicted octanol–water partition coefficient (Wildman–Crippen LogP) is 3.48. The summed E-state index contributed by atoms with van der Waals surface area (Å²) >= 11 is 0. The smallest absolute Gasteiger partial charge is 0.135 e. The van der Waals surface area contributed by atoms with Crippen LogP contribution in [0, 0.1) is 5.41 Å². The summed E-state index contributed by atoms with van der Waals surface area (Å²) in [5.74, 6) is 0.190. The van der Waals surface area contributed by atoms with E-state index < -0.39 is 0 Å². The topological polar surface area (TPSA) is 83.0 Å². The molecule has 0 fully saturated rings. The Morgan fingerprint density at radius 1 is 1.15 bits per heavy atom. The molecule has 0 saturated heterocycles. The van der Waals surface area contributed by atoms with Gasteiger partial charge in [-0.15, -0.1) is 5.10 Å². The van der Waals surface area contributed by atoms with Gasteiger partial charge < -0.3 is 10.5 Å². The van der Waals surface area contributed by atoms with Gasteiger partial charge in [-0.2, -0.15) is 0 Å². The Hall–Kier alpha value is -1.27. The fourth-order valence-electron chi connectivity index (χ4n) is 3.03. The van der Waals surface area contributed by atoms with Crippen LogP contribution in [-0.4, -0.2) is 38.5 Å². The number of ketones is 1. The van der Waals surface area contributed by atoms with E-state index >= 15 is 0 Å². The number of carbonyl (C=O) groups is 1. The summed E-state index contributed by atoms with van der Waals surface area (Å²) < 4.78 is 7.83. The molecule has 0 aliphatic carbocycles. The fraction of sp³-hybridized carbons (Fsp3) is 0.850. The number of nitrogens with two attached hydrogens (primary N) is 1. The molecular formula is C20H38N4O2. The molecule has 0 unspecified atom stereocenters. The van der Waals surface area contributed by atoms with E-state index in [2.05, 4.69) is 24.2 Å². The Morgan fingerprint density at radius 2 is 1.73 bits per heavy atom. The van der Waals surface area contributed by atoms with Crippen molar-refractivity contribution in [3.63, 3.8) is 0 Å². The third kappa shape index (κ3) is 7.16. The van der Waals surface area contributed by atoms with Gasteiger partial charge in [-0.05, 0) is 47.5 Å². The van der Waals surface area contributed by atoms with E-state index in [1.165, 1.54) is 0 Å². The van der Waals surface area contributed by atoms with Gasteiger partial charge in [0.15, 0.2) is 0 Å². The van der Waals surface area contributed by atoms with E-state index in [4.69, 9.17) is 10.5 Å². The summed E-state index contributed by atoms with van der Waals surface area (Å²) in [6, 6.07) is 0. The zero-order valence-corrected chi connectivity index (χ0v) is 18.1. The Kier molecular flexibility index (Phi) is 6.80. The Bertz CT molecular complexity index is 610. The van der Waals surface area contributed by atoms with Gasteiger partial charge in [-0.3, -0.25) is 4.79 Å². The van der Waals surface area contributed by atoms with Crippen molar-refractivity contribution in [2.24, 2.45) is 11.1 Å². The van der Waals surface area contributed by atoms with Crippen LogP contribution >= 0.6 is 0 Å². The maximum absolute atomic E-state index is 11.9. The molecule has 150 valence electrons. The second-order valence-corrected chi connectivity index (χ2v) is 10.1. The molecule has 26 heavy (non-hydrogen) atoms. The molecular weight excluding hydrogens is 328 g/mol. The van der Waals surface area contributed by atoms with Gasteiger partial charge in [-0.1, -0.05) is 32.9 Å². The molecule has 1 heterocycles. The highest BCUT2D eigenvalue weighted by Gasteiger charge is 2.35. The second-order valence-electron chi connectivity index (χ2n) is 10.1. The molecule has 2 N–H and O–H groups in total. The lowest BCUT2D eigenvalue weighted by Gasteiger charge is -2.31. The monoisotopic (exact) mass is 366 g/mol. The molecule has 6 nitrogen and oxygen atoms in total. The number of ether oxygens (including phenoxy) is 1. The lowest BCUT2D eigenvalue weighted by molar-refractivity contribution is -0.125. The minimum Gasteiger partial charge on any atom is -0.374 e. The Morgan fingerprint density at radius 3 is 2.23 bits per heavy atom. The summed E-state index contributed by atoms with van der Waals surface area (Å²) in [7, 11) is 0. The lowest BCUT2D eigenvalue weighted by Crippen LogP contribution is -2.37. The van der Waals surface area contributed by atoms with Crippen molar-refractivity contribution in [3.8, 4) is 0 Å². The van der Waals surface area contributed by atoms with E-state index in [9.17, 15) is 4.79 Å². The maximum atomic E-state index is 11.9. The van der Waals surface area contributed by atoms with Crippen LogP contribution in [0.15, 0.2) is 6.20 Å². The van der Waals surface area contributed by atoms with Gasteiger partial charge in [0.25, 0.3) is 0 Å². The van der Waals surface area contributed by atoms with Crippen molar-refractivity contribution in [2.45, 2.75) is 98.3 Å². The quantitative estimate of drug-likeness (QED) is 0.685.